The third kappa shape index (κ3) is 4.41. The lowest BCUT2D eigenvalue weighted by Crippen LogP contribution is -2.34. The molecule has 0 bridgehead atoms. The molecule has 1 N–H and O–H groups in total. The summed E-state index contributed by atoms with van der Waals surface area (Å²) in [7, 11) is 1.69. The van der Waals surface area contributed by atoms with E-state index in [0.29, 0.717) is 0 Å². The van der Waals surface area contributed by atoms with Gasteiger partial charge in [0.05, 0.1) is 11.4 Å². The van der Waals surface area contributed by atoms with Crippen molar-refractivity contribution < 1.29 is 9.59 Å². The Labute approximate surface area is 165 Å². The average Bonchev–Trinajstić information content (AvgIpc) is 3.07. The van der Waals surface area contributed by atoms with Crippen molar-refractivity contribution in [2.75, 3.05) is 18.9 Å². The lowest BCUT2D eigenvalue weighted by molar-refractivity contribution is -0.116. The first-order chi connectivity index (χ1) is 12.9. The van der Waals surface area contributed by atoms with Crippen LogP contribution in [0.3, 0.4) is 0 Å². The number of hydrogen-bond donors (Lipinski definition) is 1. The molecule has 144 valence electrons. The van der Waals surface area contributed by atoms with E-state index in [1.54, 1.807) is 18.4 Å². The van der Waals surface area contributed by atoms with Gasteiger partial charge in [0, 0.05) is 17.6 Å². The largest absolute Gasteiger partial charge is 0.332 e. The van der Waals surface area contributed by atoms with Gasteiger partial charge in [-0.1, -0.05) is 25.5 Å². The van der Waals surface area contributed by atoms with Crippen molar-refractivity contribution in [3.05, 3.63) is 50.7 Å². The summed E-state index contributed by atoms with van der Waals surface area (Å²) in [6, 6.07) is 7.87. The van der Waals surface area contributed by atoms with Crippen LogP contribution < -0.4 is 5.32 Å². The molecule has 0 spiro atoms. The monoisotopic (exact) mass is 384 g/mol. The van der Waals surface area contributed by atoms with Crippen LogP contribution >= 0.6 is 11.3 Å². The van der Waals surface area contributed by atoms with E-state index in [9.17, 15) is 9.59 Å². The number of thiophene rings is 1. The lowest BCUT2D eigenvalue weighted by atomic mass is 9.87. The highest BCUT2D eigenvalue weighted by atomic mass is 32.1. The minimum absolute atomic E-state index is 0.0480. The predicted molar refractivity (Wildman–Crippen MR) is 112 cm³/mol. The zero-order valence-corrected chi connectivity index (χ0v) is 17.4. The van der Waals surface area contributed by atoms with E-state index < -0.39 is 0 Å². The Kier molecular flexibility index (Phi) is 6.00. The van der Waals surface area contributed by atoms with Crippen molar-refractivity contribution >= 4 is 28.8 Å². The van der Waals surface area contributed by atoms with Gasteiger partial charge >= 0.3 is 0 Å². The number of fused-ring (bicyclic) bond motifs is 1. The molecule has 0 fully saturated rings. The van der Waals surface area contributed by atoms with Gasteiger partial charge in [0.2, 0.25) is 5.91 Å². The Balaban J connectivity index is 1.63. The van der Waals surface area contributed by atoms with E-state index in [4.69, 9.17) is 0 Å². The highest BCUT2D eigenvalue weighted by Crippen LogP contribution is 2.34. The number of benzene rings is 1. The van der Waals surface area contributed by atoms with Gasteiger partial charge in [0.1, 0.15) is 0 Å². The molecular weight excluding hydrogens is 356 g/mol. The van der Waals surface area contributed by atoms with E-state index in [1.165, 1.54) is 28.2 Å². The first kappa shape index (κ1) is 19.6. The maximum atomic E-state index is 12.8. The fourth-order valence-electron chi connectivity index (χ4n) is 3.60. The van der Waals surface area contributed by atoms with E-state index >= 15 is 0 Å². The van der Waals surface area contributed by atoms with Gasteiger partial charge in [-0.25, -0.2) is 0 Å². The van der Waals surface area contributed by atoms with Crippen LogP contribution in [0, 0.1) is 19.8 Å². The number of aryl methyl sites for hydroxylation is 2. The molecule has 27 heavy (non-hydrogen) atoms. The molecule has 0 unspecified atom stereocenters. The number of carbonyl (C=O) groups excluding carboxylic acids is 2. The average molecular weight is 385 g/mol. The zero-order valence-electron chi connectivity index (χ0n) is 16.6. The van der Waals surface area contributed by atoms with Crippen molar-refractivity contribution in [1.82, 2.24) is 4.90 Å². The summed E-state index contributed by atoms with van der Waals surface area (Å²) < 4.78 is 0. The van der Waals surface area contributed by atoms with Crippen LogP contribution in [0.15, 0.2) is 24.3 Å². The second-order valence-electron chi connectivity index (χ2n) is 7.53. The SMILES string of the molecule is CC[C@@H]1CCc2sc(C(=O)N(C)CC(=O)Nc3cccc(C)c3C)cc2C1. The molecule has 2 aromatic rings. The Morgan fingerprint density at radius 3 is 2.81 bits per heavy atom. The van der Waals surface area contributed by atoms with Gasteiger partial charge in [-0.15, -0.1) is 11.3 Å². The standard InChI is InChI=1S/C22H28N2O2S/c1-5-16-9-10-19-17(11-16)12-20(27-19)22(26)24(4)13-21(25)23-18-8-6-7-14(2)15(18)3/h6-8,12,16H,5,9-11,13H2,1-4H3,(H,23,25)/t16-/m1/s1. The summed E-state index contributed by atoms with van der Waals surface area (Å²) in [5.74, 6) is 0.488. The number of nitrogens with zero attached hydrogens (tertiary/aromatic N) is 1. The van der Waals surface area contributed by atoms with Crippen LogP contribution in [0.4, 0.5) is 5.69 Å². The summed E-state index contributed by atoms with van der Waals surface area (Å²) in [4.78, 5) is 28.8. The molecule has 0 radical (unpaired) electrons. The summed E-state index contributed by atoms with van der Waals surface area (Å²) in [5, 5.41) is 2.92. The molecule has 3 rings (SSSR count). The molecule has 2 amide bonds. The highest BCUT2D eigenvalue weighted by molar-refractivity contribution is 7.14. The number of likely N-dealkylation sites (N-methyl/N-ethyl adjacent to an activating group) is 1. The summed E-state index contributed by atoms with van der Waals surface area (Å²) in [6.07, 6.45) is 4.55. The molecule has 0 aliphatic heterocycles. The third-order valence-corrected chi connectivity index (χ3v) is 6.80. The van der Waals surface area contributed by atoms with Crippen LogP contribution in [0.25, 0.3) is 0 Å². The van der Waals surface area contributed by atoms with Crippen LogP contribution in [0.2, 0.25) is 0 Å². The Morgan fingerprint density at radius 1 is 1.30 bits per heavy atom. The summed E-state index contributed by atoms with van der Waals surface area (Å²) >= 11 is 1.60. The van der Waals surface area contributed by atoms with E-state index in [1.807, 2.05) is 38.1 Å². The second-order valence-corrected chi connectivity index (χ2v) is 8.67. The van der Waals surface area contributed by atoms with Gasteiger partial charge < -0.3 is 10.2 Å². The number of amides is 2. The highest BCUT2D eigenvalue weighted by Gasteiger charge is 2.24. The van der Waals surface area contributed by atoms with Gasteiger partial charge in [-0.2, -0.15) is 0 Å². The molecule has 5 heteroatoms. The van der Waals surface area contributed by atoms with Crippen molar-refractivity contribution in [1.29, 1.82) is 0 Å². The van der Waals surface area contributed by atoms with Gasteiger partial charge in [-0.05, 0) is 67.9 Å². The quantitative estimate of drug-likeness (QED) is 0.820. The molecular formula is C22H28N2O2S. The fraction of sp³-hybridized carbons (Fsp3) is 0.455. The molecule has 0 saturated heterocycles. The van der Waals surface area contributed by atoms with Crippen LogP contribution in [0.5, 0.6) is 0 Å². The topological polar surface area (TPSA) is 49.4 Å². The molecule has 0 saturated carbocycles. The third-order valence-electron chi connectivity index (χ3n) is 5.58. The van der Waals surface area contributed by atoms with Crippen molar-refractivity contribution in [3.63, 3.8) is 0 Å². The number of rotatable bonds is 5. The number of carbonyl (C=O) groups is 2. The van der Waals surface area contributed by atoms with E-state index in [-0.39, 0.29) is 18.4 Å². The zero-order chi connectivity index (χ0) is 19.6. The molecule has 1 atom stereocenters. The first-order valence-electron chi connectivity index (χ1n) is 9.62. The maximum Gasteiger partial charge on any atom is 0.264 e. The van der Waals surface area contributed by atoms with Crippen molar-refractivity contribution in [3.8, 4) is 0 Å². The minimum Gasteiger partial charge on any atom is -0.332 e. The maximum absolute atomic E-state index is 12.8. The van der Waals surface area contributed by atoms with Crippen molar-refractivity contribution in [2.24, 2.45) is 5.92 Å². The fourth-order valence-corrected chi connectivity index (χ4v) is 4.81. The normalized spacial score (nSPS) is 15.9. The van der Waals surface area contributed by atoms with Crippen LogP contribution in [-0.4, -0.2) is 30.3 Å². The number of anilines is 1. The predicted octanol–water partition coefficient (Wildman–Crippen LogP) is 4.59. The van der Waals surface area contributed by atoms with Crippen LogP contribution in [0.1, 0.15) is 51.0 Å². The Bertz CT molecular complexity index is 856. The molecule has 1 aromatic heterocycles. The van der Waals surface area contributed by atoms with Crippen molar-refractivity contribution in [2.45, 2.75) is 46.5 Å². The second kappa shape index (κ2) is 8.26. The number of nitrogens with one attached hydrogen (secondary N) is 1. The van der Waals surface area contributed by atoms with Gasteiger partial charge in [0.25, 0.3) is 5.91 Å². The molecule has 1 aliphatic carbocycles. The van der Waals surface area contributed by atoms with Gasteiger partial charge in [0.15, 0.2) is 0 Å². The minimum atomic E-state index is -0.174. The number of hydrogen-bond acceptors (Lipinski definition) is 3. The molecule has 1 heterocycles. The van der Waals surface area contributed by atoms with Crippen LogP contribution in [-0.2, 0) is 17.6 Å². The first-order valence-corrected chi connectivity index (χ1v) is 10.4. The van der Waals surface area contributed by atoms with Gasteiger partial charge in [-0.3, -0.25) is 9.59 Å². The van der Waals surface area contributed by atoms with E-state index in [0.717, 1.165) is 40.5 Å². The smallest absolute Gasteiger partial charge is 0.264 e. The van der Waals surface area contributed by atoms with E-state index in [2.05, 4.69) is 12.2 Å². The summed E-state index contributed by atoms with van der Waals surface area (Å²) in [6.45, 7) is 6.28. The Morgan fingerprint density at radius 2 is 2.07 bits per heavy atom. The summed E-state index contributed by atoms with van der Waals surface area (Å²) in [5.41, 5.74) is 4.32. The molecule has 4 nitrogen and oxygen atoms in total. The molecule has 1 aliphatic rings. The lowest BCUT2D eigenvalue weighted by Gasteiger charge is -2.19. The Hall–Kier alpha value is -2.14. The molecule has 1 aromatic carbocycles.